The van der Waals surface area contributed by atoms with Crippen LogP contribution in [-0.2, 0) is 0 Å². The van der Waals surface area contributed by atoms with E-state index in [-0.39, 0.29) is 5.56 Å². The first kappa shape index (κ1) is 11.2. The molecule has 2 heterocycles. The number of nitrogens with zero attached hydrogens (tertiary/aromatic N) is 1. The number of hydrogen-bond acceptors (Lipinski definition) is 2. The van der Waals surface area contributed by atoms with Crippen molar-refractivity contribution in [2.45, 2.75) is 6.92 Å². The van der Waals surface area contributed by atoms with Crippen LogP contribution in [0.4, 0.5) is 0 Å². The summed E-state index contributed by atoms with van der Waals surface area (Å²) in [5.74, 6) is 0.670. The molecule has 0 spiro atoms. The molecular formula is C13H10BrN3O. The quantitative estimate of drug-likeness (QED) is 0.726. The number of hydrogen-bond donors (Lipinski definition) is 2. The van der Waals surface area contributed by atoms with Crippen molar-refractivity contribution in [3.05, 3.63) is 50.7 Å². The predicted octanol–water partition coefficient (Wildman–Crippen LogP) is 2.99. The first-order valence-corrected chi connectivity index (χ1v) is 6.28. The Morgan fingerprint density at radius 1 is 1.22 bits per heavy atom. The van der Waals surface area contributed by atoms with Gasteiger partial charge in [-0.3, -0.25) is 4.79 Å². The van der Waals surface area contributed by atoms with Gasteiger partial charge in [0, 0.05) is 10.5 Å². The third kappa shape index (κ3) is 1.86. The Morgan fingerprint density at radius 3 is 2.83 bits per heavy atom. The summed E-state index contributed by atoms with van der Waals surface area (Å²) in [4.78, 5) is 21.8. The molecule has 4 nitrogen and oxygen atoms in total. The lowest BCUT2D eigenvalue weighted by molar-refractivity contribution is 1.19. The first-order valence-electron chi connectivity index (χ1n) is 5.49. The third-order valence-electron chi connectivity index (χ3n) is 2.77. The molecule has 0 saturated carbocycles. The van der Waals surface area contributed by atoms with Crippen molar-refractivity contribution < 1.29 is 0 Å². The summed E-state index contributed by atoms with van der Waals surface area (Å²) in [5.41, 5.74) is 3.50. The van der Waals surface area contributed by atoms with E-state index in [1.165, 1.54) is 6.07 Å². The van der Waals surface area contributed by atoms with Crippen molar-refractivity contribution in [3.8, 4) is 11.5 Å². The summed E-state index contributed by atoms with van der Waals surface area (Å²) in [5, 5.41) is 0. The van der Waals surface area contributed by atoms with Crippen molar-refractivity contribution in [3.63, 3.8) is 0 Å². The van der Waals surface area contributed by atoms with Gasteiger partial charge in [-0.05, 0) is 30.7 Å². The minimum Gasteiger partial charge on any atom is -0.337 e. The lowest BCUT2D eigenvalue weighted by Gasteiger charge is -1.94. The van der Waals surface area contributed by atoms with E-state index in [9.17, 15) is 4.79 Å². The van der Waals surface area contributed by atoms with Crippen LogP contribution in [0.5, 0.6) is 0 Å². The highest BCUT2D eigenvalue weighted by molar-refractivity contribution is 9.10. The van der Waals surface area contributed by atoms with Crippen molar-refractivity contribution in [2.24, 2.45) is 0 Å². The molecule has 0 unspecified atom stereocenters. The van der Waals surface area contributed by atoms with E-state index in [1.54, 1.807) is 6.07 Å². The number of aromatic nitrogens is 3. The fourth-order valence-electron chi connectivity index (χ4n) is 1.96. The van der Waals surface area contributed by atoms with Crippen molar-refractivity contribution in [1.29, 1.82) is 0 Å². The fourth-order valence-corrected chi connectivity index (χ4v) is 2.53. The number of imidazole rings is 1. The van der Waals surface area contributed by atoms with Crippen molar-refractivity contribution in [2.75, 3.05) is 0 Å². The molecule has 0 bridgehead atoms. The molecule has 18 heavy (non-hydrogen) atoms. The van der Waals surface area contributed by atoms with Crippen molar-refractivity contribution in [1.82, 2.24) is 15.0 Å². The van der Waals surface area contributed by atoms with Crippen LogP contribution in [-0.4, -0.2) is 15.0 Å². The number of fused-ring (bicyclic) bond motifs is 1. The minimum absolute atomic E-state index is 0.133. The summed E-state index contributed by atoms with van der Waals surface area (Å²) in [6.07, 6.45) is 0. The number of benzene rings is 1. The number of nitrogens with one attached hydrogen (secondary N) is 2. The van der Waals surface area contributed by atoms with Gasteiger partial charge in [0.1, 0.15) is 0 Å². The second-order valence-electron chi connectivity index (χ2n) is 4.13. The number of pyridine rings is 1. The van der Waals surface area contributed by atoms with Crippen LogP contribution in [0.1, 0.15) is 5.56 Å². The van der Waals surface area contributed by atoms with Crippen LogP contribution in [0.25, 0.3) is 22.6 Å². The van der Waals surface area contributed by atoms with Crippen LogP contribution >= 0.6 is 15.9 Å². The molecule has 2 N–H and O–H groups in total. The Morgan fingerprint density at radius 2 is 2.06 bits per heavy atom. The third-order valence-corrected chi connectivity index (χ3v) is 3.22. The van der Waals surface area contributed by atoms with Gasteiger partial charge in [-0.25, -0.2) is 4.98 Å². The van der Waals surface area contributed by atoms with E-state index in [2.05, 4.69) is 30.9 Å². The van der Waals surface area contributed by atoms with E-state index in [0.717, 1.165) is 21.1 Å². The summed E-state index contributed by atoms with van der Waals surface area (Å²) >= 11 is 3.45. The van der Waals surface area contributed by atoms with Gasteiger partial charge in [-0.15, -0.1) is 0 Å². The summed E-state index contributed by atoms with van der Waals surface area (Å²) in [7, 11) is 0. The van der Waals surface area contributed by atoms with Gasteiger partial charge in [0.2, 0.25) is 5.56 Å². The maximum Gasteiger partial charge on any atom is 0.248 e. The molecular weight excluding hydrogens is 294 g/mol. The molecule has 2 aromatic heterocycles. The second kappa shape index (κ2) is 4.10. The fraction of sp³-hybridized carbons (Fsp3) is 0.0769. The predicted molar refractivity (Wildman–Crippen MR) is 74.6 cm³/mol. The largest absolute Gasteiger partial charge is 0.337 e. The lowest BCUT2D eigenvalue weighted by Crippen LogP contribution is -2.03. The number of halogens is 1. The maximum atomic E-state index is 11.3. The molecule has 3 rings (SSSR count). The van der Waals surface area contributed by atoms with Crippen molar-refractivity contribution >= 4 is 27.0 Å². The number of H-pyrrole nitrogens is 2. The molecule has 90 valence electrons. The number of aryl methyl sites for hydroxylation is 1. The van der Waals surface area contributed by atoms with Gasteiger partial charge in [-0.1, -0.05) is 22.0 Å². The van der Waals surface area contributed by atoms with Gasteiger partial charge >= 0.3 is 0 Å². The van der Waals surface area contributed by atoms with E-state index < -0.39 is 0 Å². The smallest absolute Gasteiger partial charge is 0.248 e. The Hall–Kier alpha value is -1.88. The molecule has 0 saturated heterocycles. The van der Waals surface area contributed by atoms with E-state index in [1.807, 2.05) is 25.1 Å². The van der Waals surface area contributed by atoms with Gasteiger partial charge in [0.15, 0.2) is 5.82 Å². The average molecular weight is 304 g/mol. The Kier molecular flexibility index (Phi) is 2.56. The Labute approximate surface area is 111 Å². The molecule has 0 aliphatic heterocycles. The topological polar surface area (TPSA) is 61.5 Å². The zero-order chi connectivity index (χ0) is 12.7. The monoisotopic (exact) mass is 303 g/mol. The first-order chi connectivity index (χ1) is 8.63. The Balaban J connectivity index is 2.25. The summed E-state index contributed by atoms with van der Waals surface area (Å²) < 4.78 is 1.00. The number of aromatic amines is 2. The average Bonchev–Trinajstić information content (AvgIpc) is 2.73. The molecule has 5 heteroatoms. The van der Waals surface area contributed by atoms with Crippen LogP contribution < -0.4 is 5.56 Å². The molecule has 0 amide bonds. The summed E-state index contributed by atoms with van der Waals surface area (Å²) in [6, 6.07) is 9.00. The molecule has 0 atom stereocenters. The van der Waals surface area contributed by atoms with Gasteiger partial charge in [0.05, 0.1) is 16.7 Å². The van der Waals surface area contributed by atoms with Gasteiger partial charge in [0.25, 0.3) is 0 Å². The highest BCUT2D eigenvalue weighted by Gasteiger charge is 2.08. The van der Waals surface area contributed by atoms with Crippen LogP contribution in [0.15, 0.2) is 39.6 Å². The molecule has 3 aromatic rings. The van der Waals surface area contributed by atoms with E-state index in [0.29, 0.717) is 11.5 Å². The normalized spacial score (nSPS) is 11.0. The van der Waals surface area contributed by atoms with Crippen LogP contribution in [0, 0.1) is 6.92 Å². The Bertz CT molecular complexity index is 788. The minimum atomic E-state index is -0.133. The number of rotatable bonds is 1. The molecule has 0 radical (unpaired) electrons. The van der Waals surface area contributed by atoms with E-state index >= 15 is 0 Å². The zero-order valence-corrected chi connectivity index (χ0v) is 11.2. The highest BCUT2D eigenvalue weighted by atomic mass is 79.9. The maximum absolute atomic E-state index is 11.3. The molecule has 0 fully saturated rings. The summed E-state index contributed by atoms with van der Waals surface area (Å²) in [6.45, 7) is 2.01. The molecule has 0 aliphatic carbocycles. The SMILES string of the molecule is Cc1cc(Br)cc2[nH]c(-c3cccc(=O)[nH]3)nc12. The zero-order valence-electron chi connectivity index (χ0n) is 9.62. The van der Waals surface area contributed by atoms with Crippen LogP contribution in [0.2, 0.25) is 0 Å². The van der Waals surface area contributed by atoms with E-state index in [4.69, 9.17) is 0 Å². The standard InChI is InChI=1S/C13H10BrN3O/c1-7-5-8(14)6-10-12(7)17-13(16-10)9-3-2-4-11(18)15-9/h2-6H,1H3,(H,15,18)(H,16,17). The van der Waals surface area contributed by atoms with Crippen LogP contribution in [0.3, 0.4) is 0 Å². The molecule has 0 aliphatic rings. The molecule has 1 aromatic carbocycles. The second-order valence-corrected chi connectivity index (χ2v) is 5.05. The highest BCUT2D eigenvalue weighted by Crippen LogP contribution is 2.24. The lowest BCUT2D eigenvalue weighted by atomic mass is 10.2. The van der Waals surface area contributed by atoms with Gasteiger partial charge in [-0.2, -0.15) is 0 Å². The van der Waals surface area contributed by atoms with Gasteiger partial charge < -0.3 is 9.97 Å².